The molecule has 112 valence electrons. The van der Waals surface area contributed by atoms with Gasteiger partial charge in [0.25, 0.3) is 0 Å². The molecule has 0 heterocycles. The molecule has 1 aliphatic rings. The lowest BCUT2D eigenvalue weighted by Crippen LogP contribution is -2.43. The molecule has 0 radical (unpaired) electrons. The molecule has 0 saturated heterocycles. The first-order valence-corrected chi connectivity index (χ1v) is 6.50. The van der Waals surface area contributed by atoms with E-state index in [1.807, 2.05) is 0 Å². The van der Waals surface area contributed by atoms with Crippen molar-refractivity contribution in [3.63, 3.8) is 0 Å². The summed E-state index contributed by atoms with van der Waals surface area (Å²) in [5.74, 6) is -3.05. The molecule has 2 atom stereocenters. The summed E-state index contributed by atoms with van der Waals surface area (Å²) >= 11 is 0. The van der Waals surface area contributed by atoms with Gasteiger partial charge in [-0.1, -0.05) is 12.8 Å². The number of alkyl halides is 3. The van der Waals surface area contributed by atoms with Crippen LogP contribution in [0.4, 0.5) is 13.2 Å². The van der Waals surface area contributed by atoms with Crippen LogP contribution in [0.3, 0.4) is 0 Å². The molecule has 19 heavy (non-hydrogen) atoms. The van der Waals surface area contributed by atoms with Gasteiger partial charge in [0.05, 0.1) is 25.7 Å². The van der Waals surface area contributed by atoms with E-state index in [-0.39, 0.29) is 39.2 Å². The van der Waals surface area contributed by atoms with Gasteiger partial charge in [0.1, 0.15) is 0 Å². The van der Waals surface area contributed by atoms with Gasteiger partial charge in [-0.3, -0.25) is 4.79 Å². The Labute approximate surface area is 110 Å². The number of halogens is 3. The highest BCUT2D eigenvalue weighted by Gasteiger charge is 2.47. The number of ether oxygens (including phenoxy) is 1. The molecule has 0 aromatic carbocycles. The van der Waals surface area contributed by atoms with Crippen LogP contribution in [0.1, 0.15) is 25.7 Å². The van der Waals surface area contributed by atoms with Crippen molar-refractivity contribution in [3.8, 4) is 0 Å². The van der Waals surface area contributed by atoms with Gasteiger partial charge >= 0.3 is 6.18 Å². The molecule has 1 fully saturated rings. The zero-order valence-corrected chi connectivity index (χ0v) is 10.7. The third-order valence-electron chi connectivity index (χ3n) is 3.30. The van der Waals surface area contributed by atoms with Crippen molar-refractivity contribution >= 4 is 5.91 Å². The first kappa shape index (κ1) is 16.2. The Morgan fingerprint density at radius 1 is 1.26 bits per heavy atom. The fraction of sp³-hybridized carbons (Fsp3) is 0.917. The number of aliphatic hydroxyl groups is 1. The zero-order valence-electron chi connectivity index (χ0n) is 10.7. The Morgan fingerprint density at radius 2 is 1.95 bits per heavy atom. The van der Waals surface area contributed by atoms with Crippen LogP contribution in [0.15, 0.2) is 0 Å². The number of hydrogen-bond donors (Lipinski definition) is 2. The number of rotatable bonds is 6. The van der Waals surface area contributed by atoms with Crippen LogP contribution in [0.2, 0.25) is 0 Å². The van der Waals surface area contributed by atoms with Crippen molar-refractivity contribution in [3.05, 3.63) is 0 Å². The maximum Gasteiger partial charge on any atom is 0.392 e. The number of amides is 1. The Hall–Kier alpha value is -0.820. The molecule has 0 bridgehead atoms. The fourth-order valence-corrected chi connectivity index (χ4v) is 2.38. The monoisotopic (exact) mass is 283 g/mol. The highest BCUT2D eigenvalue weighted by Crippen LogP contribution is 2.41. The molecule has 7 heteroatoms. The lowest BCUT2D eigenvalue weighted by atomic mass is 9.78. The minimum Gasteiger partial charge on any atom is -0.394 e. The van der Waals surface area contributed by atoms with Gasteiger partial charge < -0.3 is 15.2 Å². The van der Waals surface area contributed by atoms with Crippen LogP contribution in [0.5, 0.6) is 0 Å². The number of aliphatic hydroxyl groups excluding tert-OH is 1. The van der Waals surface area contributed by atoms with Crippen LogP contribution in [-0.4, -0.2) is 43.6 Å². The van der Waals surface area contributed by atoms with Crippen molar-refractivity contribution in [2.45, 2.75) is 31.9 Å². The molecule has 0 aliphatic heterocycles. The second-order valence-electron chi connectivity index (χ2n) is 4.67. The van der Waals surface area contributed by atoms with Gasteiger partial charge in [-0.25, -0.2) is 0 Å². The number of hydrogen-bond acceptors (Lipinski definition) is 3. The zero-order chi connectivity index (χ0) is 14.3. The van der Waals surface area contributed by atoms with Crippen molar-refractivity contribution in [2.75, 3.05) is 26.4 Å². The number of nitrogens with one attached hydrogen (secondary N) is 1. The van der Waals surface area contributed by atoms with Crippen LogP contribution < -0.4 is 5.32 Å². The van der Waals surface area contributed by atoms with E-state index in [9.17, 15) is 18.0 Å². The maximum absolute atomic E-state index is 12.8. The molecule has 1 saturated carbocycles. The Balaban J connectivity index is 2.40. The summed E-state index contributed by atoms with van der Waals surface area (Å²) in [6.45, 7) is 0.396. The highest BCUT2D eigenvalue weighted by molar-refractivity contribution is 5.79. The van der Waals surface area contributed by atoms with Crippen LogP contribution in [0, 0.1) is 11.8 Å². The first-order valence-electron chi connectivity index (χ1n) is 6.50. The SMILES string of the molecule is O=C(NCCOCCO)C1CCCCC1C(F)(F)F. The van der Waals surface area contributed by atoms with E-state index in [1.165, 1.54) is 0 Å². The van der Waals surface area contributed by atoms with Crippen molar-refractivity contribution in [1.29, 1.82) is 0 Å². The van der Waals surface area contributed by atoms with E-state index in [2.05, 4.69) is 5.32 Å². The molecule has 1 rings (SSSR count). The average Bonchev–Trinajstić information content (AvgIpc) is 2.37. The van der Waals surface area contributed by atoms with Crippen LogP contribution >= 0.6 is 0 Å². The summed E-state index contributed by atoms with van der Waals surface area (Å²) < 4.78 is 43.4. The Kier molecular flexibility index (Phi) is 6.57. The van der Waals surface area contributed by atoms with Gasteiger partial charge in [-0.2, -0.15) is 13.2 Å². The third-order valence-corrected chi connectivity index (χ3v) is 3.30. The summed E-state index contributed by atoms with van der Waals surface area (Å²) in [7, 11) is 0. The predicted molar refractivity (Wildman–Crippen MR) is 62.4 cm³/mol. The van der Waals surface area contributed by atoms with E-state index in [4.69, 9.17) is 9.84 Å². The van der Waals surface area contributed by atoms with Crippen molar-refractivity contribution in [1.82, 2.24) is 5.32 Å². The molecular weight excluding hydrogens is 263 g/mol. The molecule has 2 N–H and O–H groups in total. The van der Waals surface area contributed by atoms with E-state index in [0.717, 1.165) is 0 Å². The second-order valence-corrected chi connectivity index (χ2v) is 4.67. The number of carbonyl (C=O) groups is 1. The van der Waals surface area contributed by atoms with Gasteiger partial charge in [0.15, 0.2) is 0 Å². The molecule has 4 nitrogen and oxygen atoms in total. The van der Waals surface area contributed by atoms with Crippen molar-refractivity contribution < 1.29 is 27.8 Å². The topological polar surface area (TPSA) is 58.6 Å². The molecular formula is C12H20F3NO3. The second kappa shape index (κ2) is 7.69. The van der Waals surface area contributed by atoms with Gasteiger partial charge in [0, 0.05) is 12.5 Å². The summed E-state index contributed by atoms with van der Waals surface area (Å²) in [6.07, 6.45) is -2.81. The van der Waals surface area contributed by atoms with Gasteiger partial charge in [0.2, 0.25) is 5.91 Å². The molecule has 0 spiro atoms. The van der Waals surface area contributed by atoms with E-state index >= 15 is 0 Å². The third kappa shape index (κ3) is 5.36. The highest BCUT2D eigenvalue weighted by atomic mass is 19.4. The predicted octanol–water partition coefficient (Wildman–Crippen LogP) is 1.48. The first-order chi connectivity index (χ1) is 8.96. The fourth-order valence-electron chi connectivity index (χ4n) is 2.38. The largest absolute Gasteiger partial charge is 0.394 e. The Bertz CT molecular complexity index is 284. The van der Waals surface area contributed by atoms with Crippen molar-refractivity contribution in [2.24, 2.45) is 11.8 Å². The van der Waals surface area contributed by atoms with Crippen LogP contribution in [-0.2, 0) is 9.53 Å². The molecule has 2 unspecified atom stereocenters. The van der Waals surface area contributed by atoms with Gasteiger partial charge in [-0.05, 0) is 12.8 Å². The minimum absolute atomic E-state index is 0.0304. The minimum atomic E-state index is -4.31. The lowest BCUT2D eigenvalue weighted by Gasteiger charge is -2.31. The van der Waals surface area contributed by atoms with E-state index in [1.54, 1.807) is 0 Å². The molecule has 0 aromatic heterocycles. The summed E-state index contributed by atoms with van der Waals surface area (Å²) in [6, 6.07) is 0. The van der Waals surface area contributed by atoms with E-state index in [0.29, 0.717) is 12.8 Å². The van der Waals surface area contributed by atoms with Gasteiger partial charge in [-0.15, -0.1) is 0 Å². The molecule has 1 amide bonds. The summed E-state index contributed by atoms with van der Waals surface area (Å²) in [4.78, 5) is 11.8. The summed E-state index contributed by atoms with van der Waals surface area (Å²) in [5, 5.41) is 10.9. The lowest BCUT2D eigenvalue weighted by molar-refractivity contribution is -0.198. The smallest absolute Gasteiger partial charge is 0.392 e. The van der Waals surface area contributed by atoms with Crippen LogP contribution in [0.25, 0.3) is 0 Å². The van der Waals surface area contributed by atoms with E-state index < -0.39 is 23.9 Å². The normalized spacial score (nSPS) is 24.2. The Morgan fingerprint density at radius 3 is 2.58 bits per heavy atom. The standard InChI is InChI=1S/C12H20F3NO3/c13-12(14,15)10-4-2-1-3-9(10)11(18)16-5-7-19-8-6-17/h9-10,17H,1-8H2,(H,16,18). The molecule has 1 aliphatic carbocycles. The summed E-state index contributed by atoms with van der Waals surface area (Å²) in [5.41, 5.74) is 0. The molecule has 0 aromatic rings. The average molecular weight is 283 g/mol. The number of carbonyl (C=O) groups excluding carboxylic acids is 1. The maximum atomic E-state index is 12.8. The quantitative estimate of drug-likeness (QED) is 0.726.